The first kappa shape index (κ1) is 22.0. The van der Waals surface area contributed by atoms with Crippen molar-refractivity contribution in [3.8, 4) is 5.75 Å². The van der Waals surface area contributed by atoms with Gasteiger partial charge in [-0.2, -0.15) is 0 Å². The molecule has 1 saturated heterocycles. The molecule has 3 heterocycles. The molecule has 2 aromatic heterocycles. The minimum atomic E-state index is -1.07. The molecule has 32 heavy (non-hydrogen) atoms. The van der Waals surface area contributed by atoms with Gasteiger partial charge < -0.3 is 20.1 Å². The number of carbonyl (C=O) groups is 1. The van der Waals surface area contributed by atoms with Crippen molar-refractivity contribution in [1.82, 2.24) is 20.3 Å². The summed E-state index contributed by atoms with van der Waals surface area (Å²) >= 11 is 6.21. The van der Waals surface area contributed by atoms with Crippen molar-refractivity contribution >= 4 is 34.5 Å². The van der Waals surface area contributed by atoms with Crippen LogP contribution in [0.4, 0.5) is 15.0 Å². The van der Waals surface area contributed by atoms with E-state index in [-0.39, 0.29) is 23.1 Å². The number of ether oxygens (including phenoxy) is 1. The van der Waals surface area contributed by atoms with Crippen LogP contribution in [0.1, 0.15) is 37.8 Å². The number of hydrogen-bond donors (Lipinski definition) is 2. The molecule has 1 aliphatic rings. The van der Waals surface area contributed by atoms with E-state index in [1.54, 1.807) is 13.0 Å². The molecule has 1 amide bonds. The standard InChI is InChI=1S/C22H23ClFN5O3/c1-13(27-22(30)31)8-10-32-18-6-4-14(24)11-15(18)17-3-2-9-29(17)19-7-5-16-20(28-19)21(23)26-12-25-16/h4-7,11-13,17,27H,2-3,8-10H2,1H3,(H,30,31). The normalized spacial score (nSPS) is 16.8. The Labute approximate surface area is 189 Å². The number of carboxylic acid groups (broad SMARTS) is 1. The van der Waals surface area contributed by atoms with Crippen LogP contribution in [-0.2, 0) is 0 Å². The fraction of sp³-hybridized carbons (Fsp3) is 0.364. The topological polar surface area (TPSA) is 100 Å². The third kappa shape index (κ3) is 4.83. The number of anilines is 1. The van der Waals surface area contributed by atoms with Gasteiger partial charge >= 0.3 is 6.09 Å². The van der Waals surface area contributed by atoms with Gasteiger partial charge in [-0.25, -0.2) is 24.1 Å². The van der Waals surface area contributed by atoms with Gasteiger partial charge in [-0.05, 0) is 50.1 Å². The SMILES string of the molecule is CC(CCOc1ccc(F)cc1C1CCCN1c1ccc2ncnc(Cl)c2n1)NC(=O)O. The number of rotatable bonds is 7. The van der Waals surface area contributed by atoms with Crippen molar-refractivity contribution in [3.63, 3.8) is 0 Å². The van der Waals surface area contributed by atoms with E-state index >= 15 is 0 Å². The largest absolute Gasteiger partial charge is 0.493 e. The Morgan fingerprint density at radius 1 is 1.38 bits per heavy atom. The number of fused-ring (bicyclic) bond motifs is 1. The first-order valence-electron chi connectivity index (χ1n) is 10.4. The van der Waals surface area contributed by atoms with Crippen LogP contribution >= 0.6 is 11.6 Å². The Morgan fingerprint density at radius 3 is 3.03 bits per heavy atom. The van der Waals surface area contributed by atoms with Crippen LogP contribution in [0.2, 0.25) is 5.15 Å². The molecule has 0 saturated carbocycles. The van der Waals surface area contributed by atoms with Crippen LogP contribution < -0.4 is 15.0 Å². The maximum absolute atomic E-state index is 14.2. The number of nitrogens with one attached hydrogen (secondary N) is 1. The maximum atomic E-state index is 14.2. The third-order valence-corrected chi connectivity index (χ3v) is 5.76. The zero-order valence-electron chi connectivity index (χ0n) is 17.5. The summed E-state index contributed by atoms with van der Waals surface area (Å²) in [4.78, 5) is 25.7. The fourth-order valence-electron chi connectivity index (χ4n) is 3.96. The van der Waals surface area contributed by atoms with Gasteiger partial charge in [0, 0.05) is 24.6 Å². The number of halogens is 2. The lowest BCUT2D eigenvalue weighted by molar-refractivity contribution is 0.188. The molecule has 0 spiro atoms. The average Bonchev–Trinajstić information content (AvgIpc) is 3.24. The van der Waals surface area contributed by atoms with Crippen LogP contribution in [0, 0.1) is 5.82 Å². The van der Waals surface area contributed by atoms with Crippen molar-refractivity contribution in [2.24, 2.45) is 0 Å². The van der Waals surface area contributed by atoms with Crippen LogP contribution in [0.5, 0.6) is 5.75 Å². The molecule has 10 heteroatoms. The van der Waals surface area contributed by atoms with Crippen molar-refractivity contribution in [1.29, 1.82) is 0 Å². The summed E-state index contributed by atoms with van der Waals surface area (Å²) in [6, 6.07) is 7.83. The Morgan fingerprint density at radius 2 is 2.22 bits per heavy atom. The lowest BCUT2D eigenvalue weighted by Crippen LogP contribution is -2.32. The van der Waals surface area contributed by atoms with Gasteiger partial charge in [0.2, 0.25) is 0 Å². The average molecular weight is 460 g/mol. The predicted molar refractivity (Wildman–Crippen MR) is 119 cm³/mol. The molecule has 168 valence electrons. The maximum Gasteiger partial charge on any atom is 0.404 e. The van der Waals surface area contributed by atoms with Gasteiger partial charge in [-0.15, -0.1) is 0 Å². The summed E-state index contributed by atoms with van der Waals surface area (Å²) in [5, 5.41) is 11.5. The lowest BCUT2D eigenvalue weighted by Gasteiger charge is -2.28. The number of amides is 1. The van der Waals surface area contributed by atoms with Crippen molar-refractivity contribution in [2.45, 2.75) is 38.3 Å². The first-order chi connectivity index (χ1) is 15.4. The van der Waals surface area contributed by atoms with E-state index in [2.05, 4.69) is 25.2 Å². The van der Waals surface area contributed by atoms with E-state index in [1.807, 2.05) is 12.1 Å². The van der Waals surface area contributed by atoms with Gasteiger partial charge in [0.15, 0.2) is 5.15 Å². The zero-order valence-corrected chi connectivity index (χ0v) is 18.2. The van der Waals surface area contributed by atoms with Crippen LogP contribution in [0.25, 0.3) is 11.0 Å². The third-order valence-electron chi connectivity index (χ3n) is 5.48. The number of aromatic nitrogens is 3. The van der Waals surface area contributed by atoms with Gasteiger partial charge in [-0.1, -0.05) is 11.6 Å². The summed E-state index contributed by atoms with van der Waals surface area (Å²) in [7, 11) is 0. The highest BCUT2D eigenvalue weighted by Crippen LogP contribution is 2.40. The van der Waals surface area contributed by atoms with Gasteiger partial charge in [-0.3, -0.25) is 0 Å². The Bertz CT molecular complexity index is 1130. The van der Waals surface area contributed by atoms with E-state index in [1.165, 1.54) is 18.5 Å². The van der Waals surface area contributed by atoms with Crippen LogP contribution in [0.3, 0.4) is 0 Å². The van der Waals surface area contributed by atoms with Crippen molar-refractivity contribution < 1.29 is 19.0 Å². The fourth-order valence-corrected chi connectivity index (χ4v) is 4.15. The van der Waals surface area contributed by atoms with Crippen molar-refractivity contribution in [2.75, 3.05) is 18.1 Å². The highest BCUT2D eigenvalue weighted by atomic mass is 35.5. The first-order valence-corrected chi connectivity index (χ1v) is 10.8. The highest BCUT2D eigenvalue weighted by Gasteiger charge is 2.30. The number of pyridine rings is 1. The quantitative estimate of drug-likeness (QED) is 0.498. The molecule has 4 rings (SSSR count). The van der Waals surface area contributed by atoms with Crippen LogP contribution in [0.15, 0.2) is 36.7 Å². The molecule has 1 aromatic carbocycles. The van der Waals surface area contributed by atoms with Gasteiger partial charge in [0.1, 0.15) is 29.2 Å². The highest BCUT2D eigenvalue weighted by molar-refractivity contribution is 6.33. The summed E-state index contributed by atoms with van der Waals surface area (Å²) in [5.74, 6) is 0.946. The molecular formula is C22H23ClFN5O3. The van der Waals surface area contributed by atoms with Crippen LogP contribution in [-0.4, -0.2) is 45.3 Å². The van der Waals surface area contributed by atoms with E-state index in [0.717, 1.165) is 24.9 Å². The minimum absolute atomic E-state index is 0.122. The van der Waals surface area contributed by atoms with Gasteiger partial charge in [0.25, 0.3) is 0 Å². The molecule has 0 radical (unpaired) electrons. The summed E-state index contributed by atoms with van der Waals surface area (Å²) in [6.45, 7) is 2.82. The van der Waals surface area contributed by atoms with E-state index < -0.39 is 6.09 Å². The van der Waals surface area contributed by atoms with E-state index in [4.69, 9.17) is 21.4 Å². The van der Waals surface area contributed by atoms with E-state index in [9.17, 15) is 9.18 Å². The molecule has 2 atom stereocenters. The monoisotopic (exact) mass is 459 g/mol. The summed E-state index contributed by atoms with van der Waals surface area (Å²) in [6.07, 6.45) is 2.54. The second-order valence-electron chi connectivity index (χ2n) is 7.72. The molecule has 2 N–H and O–H groups in total. The number of nitrogens with zero attached hydrogens (tertiary/aromatic N) is 4. The molecule has 3 aromatic rings. The Hall–Kier alpha value is -3.20. The summed E-state index contributed by atoms with van der Waals surface area (Å²) < 4.78 is 20.1. The molecule has 2 unspecified atom stereocenters. The van der Waals surface area contributed by atoms with Crippen molar-refractivity contribution in [3.05, 3.63) is 53.2 Å². The molecule has 1 fully saturated rings. The second-order valence-corrected chi connectivity index (χ2v) is 8.08. The number of hydrogen-bond acceptors (Lipinski definition) is 6. The van der Waals surface area contributed by atoms with Gasteiger partial charge in [0.05, 0.1) is 18.2 Å². The van der Waals surface area contributed by atoms with E-state index in [0.29, 0.717) is 35.6 Å². The molecule has 1 aliphatic heterocycles. The molecule has 8 nitrogen and oxygen atoms in total. The second kappa shape index (κ2) is 9.52. The molecule has 0 aliphatic carbocycles. The smallest absolute Gasteiger partial charge is 0.404 e. The predicted octanol–water partition coefficient (Wildman–Crippen LogP) is 4.58. The zero-order chi connectivity index (χ0) is 22.7. The molecule has 0 bridgehead atoms. The number of benzene rings is 1. The summed E-state index contributed by atoms with van der Waals surface area (Å²) in [5.41, 5.74) is 1.91. The minimum Gasteiger partial charge on any atom is -0.493 e. The lowest BCUT2D eigenvalue weighted by atomic mass is 10.0. The Balaban J connectivity index is 1.58. The Kier molecular flexibility index (Phi) is 6.55. The molecular weight excluding hydrogens is 437 g/mol.